The number of nitrogens with zero attached hydrogens (tertiary/aromatic N) is 1. The number of carbonyl (C=O) groups is 2. The van der Waals surface area contributed by atoms with Crippen LogP contribution in [0.3, 0.4) is 0 Å². The highest BCUT2D eigenvalue weighted by molar-refractivity contribution is 9.10. The zero-order valence-corrected chi connectivity index (χ0v) is 11.2. The molecule has 1 heterocycles. The van der Waals surface area contributed by atoms with Gasteiger partial charge in [0.2, 0.25) is 5.91 Å². The highest BCUT2D eigenvalue weighted by Crippen LogP contribution is 2.19. The Morgan fingerprint density at radius 1 is 1.50 bits per heavy atom. The van der Waals surface area contributed by atoms with E-state index in [1.54, 1.807) is 4.90 Å². The summed E-state index contributed by atoms with van der Waals surface area (Å²) in [5.74, 6) is -1.05. The van der Waals surface area contributed by atoms with Crippen LogP contribution >= 0.6 is 15.9 Å². The van der Waals surface area contributed by atoms with Crippen LogP contribution in [0.1, 0.15) is 5.56 Å². The topological polar surface area (TPSA) is 69.6 Å². The van der Waals surface area contributed by atoms with Crippen LogP contribution in [0.5, 0.6) is 0 Å². The van der Waals surface area contributed by atoms with E-state index >= 15 is 0 Å². The first kappa shape index (κ1) is 13.0. The van der Waals surface area contributed by atoms with Gasteiger partial charge in [-0.2, -0.15) is 0 Å². The van der Waals surface area contributed by atoms with E-state index in [0.717, 1.165) is 10.0 Å². The molecule has 2 N–H and O–H groups in total. The van der Waals surface area contributed by atoms with Crippen LogP contribution < -0.4 is 5.32 Å². The lowest BCUT2D eigenvalue weighted by Gasteiger charge is -2.32. The molecular weight excluding hydrogens is 300 g/mol. The maximum atomic E-state index is 11.4. The summed E-state index contributed by atoms with van der Waals surface area (Å²) in [6.45, 7) is 0.697. The Kier molecular flexibility index (Phi) is 3.98. The summed E-state index contributed by atoms with van der Waals surface area (Å²) < 4.78 is 0.917. The molecule has 0 saturated carbocycles. The molecule has 1 fully saturated rings. The number of carboxylic acids is 1. The first-order valence-corrected chi connectivity index (χ1v) is 6.34. The van der Waals surface area contributed by atoms with Crippen molar-refractivity contribution in [3.8, 4) is 0 Å². The average Bonchev–Trinajstić information content (AvgIpc) is 2.32. The molecule has 1 unspecified atom stereocenters. The largest absolute Gasteiger partial charge is 0.480 e. The van der Waals surface area contributed by atoms with Gasteiger partial charge in [0, 0.05) is 17.6 Å². The number of carboxylic acid groups (broad SMARTS) is 1. The van der Waals surface area contributed by atoms with Crippen molar-refractivity contribution in [1.29, 1.82) is 0 Å². The Morgan fingerprint density at radius 3 is 2.89 bits per heavy atom. The Hall–Kier alpha value is -1.40. The van der Waals surface area contributed by atoms with Gasteiger partial charge >= 0.3 is 5.97 Å². The van der Waals surface area contributed by atoms with E-state index in [9.17, 15) is 9.59 Å². The lowest BCUT2D eigenvalue weighted by atomic mass is 10.1. The minimum atomic E-state index is -0.915. The molecule has 18 heavy (non-hydrogen) atoms. The second kappa shape index (κ2) is 5.49. The lowest BCUT2D eigenvalue weighted by molar-refractivity contribution is -0.146. The van der Waals surface area contributed by atoms with Gasteiger partial charge in [0.05, 0.1) is 6.54 Å². The number of halogens is 1. The van der Waals surface area contributed by atoms with Crippen LogP contribution in [0.4, 0.5) is 0 Å². The van der Waals surface area contributed by atoms with Crippen LogP contribution in [0.15, 0.2) is 28.7 Å². The van der Waals surface area contributed by atoms with E-state index in [2.05, 4.69) is 21.2 Å². The lowest BCUT2D eigenvalue weighted by Crippen LogP contribution is -2.56. The number of amides is 1. The summed E-state index contributed by atoms with van der Waals surface area (Å²) >= 11 is 3.42. The minimum Gasteiger partial charge on any atom is -0.480 e. The maximum absolute atomic E-state index is 11.4. The van der Waals surface area contributed by atoms with E-state index < -0.39 is 12.0 Å². The van der Waals surface area contributed by atoms with E-state index in [4.69, 9.17) is 5.11 Å². The van der Waals surface area contributed by atoms with Crippen molar-refractivity contribution in [2.75, 3.05) is 13.1 Å². The highest BCUT2D eigenvalue weighted by Gasteiger charge is 2.31. The summed E-state index contributed by atoms with van der Waals surface area (Å²) in [7, 11) is 0. The molecule has 96 valence electrons. The number of piperazine rings is 1. The van der Waals surface area contributed by atoms with E-state index in [1.807, 2.05) is 24.3 Å². The number of hydrogen-bond acceptors (Lipinski definition) is 3. The van der Waals surface area contributed by atoms with Gasteiger partial charge in [0.1, 0.15) is 6.04 Å². The van der Waals surface area contributed by atoms with E-state index in [0.29, 0.717) is 6.54 Å². The molecule has 1 saturated heterocycles. The molecule has 1 aromatic carbocycles. The van der Waals surface area contributed by atoms with Gasteiger partial charge in [0.15, 0.2) is 0 Å². The quantitative estimate of drug-likeness (QED) is 0.867. The van der Waals surface area contributed by atoms with Gasteiger partial charge in [-0.3, -0.25) is 14.5 Å². The molecule has 1 aliphatic heterocycles. The maximum Gasteiger partial charge on any atom is 0.322 e. The van der Waals surface area contributed by atoms with Crippen LogP contribution in [0, 0.1) is 0 Å². The fourth-order valence-corrected chi connectivity index (χ4v) is 2.36. The third-order valence-electron chi connectivity index (χ3n) is 2.90. The third-order valence-corrected chi connectivity index (χ3v) is 3.67. The standard InChI is InChI=1S/C12H13BrN2O3/c13-9-4-2-1-3-8(9)6-15-7-11(16)14-5-10(15)12(17)18/h1-4,10H,5-7H2,(H,14,16)(H,17,18). The predicted molar refractivity (Wildman–Crippen MR) is 69.0 cm³/mol. The van der Waals surface area contributed by atoms with Gasteiger partial charge in [-0.1, -0.05) is 34.1 Å². The molecule has 0 spiro atoms. The molecule has 2 rings (SSSR count). The van der Waals surface area contributed by atoms with Crippen molar-refractivity contribution in [3.05, 3.63) is 34.3 Å². The molecule has 0 bridgehead atoms. The summed E-state index contributed by atoms with van der Waals surface area (Å²) in [5.41, 5.74) is 0.971. The van der Waals surface area contributed by atoms with Crippen molar-refractivity contribution < 1.29 is 14.7 Å². The molecule has 1 aromatic rings. The molecule has 6 heteroatoms. The highest BCUT2D eigenvalue weighted by atomic mass is 79.9. The Bertz CT molecular complexity index is 478. The number of nitrogens with one attached hydrogen (secondary N) is 1. The number of carbonyl (C=O) groups excluding carboxylic acids is 1. The monoisotopic (exact) mass is 312 g/mol. The fourth-order valence-electron chi connectivity index (χ4n) is 1.95. The zero-order chi connectivity index (χ0) is 13.1. The third kappa shape index (κ3) is 2.88. The molecule has 0 aromatic heterocycles. The zero-order valence-electron chi connectivity index (χ0n) is 9.60. The minimum absolute atomic E-state index is 0.109. The van der Waals surface area contributed by atoms with Gasteiger partial charge < -0.3 is 10.4 Å². The number of benzene rings is 1. The van der Waals surface area contributed by atoms with E-state index in [1.165, 1.54) is 0 Å². The first-order chi connectivity index (χ1) is 8.58. The van der Waals surface area contributed by atoms with Crippen LogP contribution in [-0.2, 0) is 16.1 Å². The Labute approximate surface area is 113 Å². The van der Waals surface area contributed by atoms with Crippen molar-refractivity contribution in [2.24, 2.45) is 0 Å². The van der Waals surface area contributed by atoms with E-state index in [-0.39, 0.29) is 19.0 Å². The van der Waals surface area contributed by atoms with Crippen molar-refractivity contribution in [2.45, 2.75) is 12.6 Å². The SMILES string of the molecule is O=C1CN(Cc2ccccc2Br)C(C(=O)O)CN1. The summed E-state index contributed by atoms with van der Waals surface area (Å²) in [5, 5.41) is 11.7. The molecule has 1 amide bonds. The number of rotatable bonds is 3. The average molecular weight is 313 g/mol. The normalized spacial score (nSPS) is 20.5. The molecular formula is C12H13BrN2O3. The van der Waals surface area contributed by atoms with Crippen molar-refractivity contribution in [1.82, 2.24) is 10.2 Å². The predicted octanol–water partition coefficient (Wildman–Crippen LogP) is 0.834. The smallest absolute Gasteiger partial charge is 0.322 e. The molecule has 5 nitrogen and oxygen atoms in total. The van der Waals surface area contributed by atoms with Gasteiger partial charge in [-0.25, -0.2) is 0 Å². The molecule has 0 aliphatic carbocycles. The summed E-state index contributed by atoms with van der Waals surface area (Å²) in [6, 6.07) is 6.92. The summed E-state index contributed by atoms with van der Waals surface area (Å²) in [6.07, 6.45) is 0. The van der Waals surface area contributed by atoms with Crippen molar-refractivity contribution >= 4 is 27.8 Å². The van der Waals surface area contributed by atoms with Gasteiger partial charge in [-0.05, 0) is 11.6 Å². The van der Waals surface area contributed by atoms with Crippen LogP contribution in [0.25, 0.3) is 0 Å². The number of hydrogen-bond donors (Lipinski definition) is 2. The van der Waals surface area contributed by atoms with Crippen LogP contribution in [-0.4, -0.2) is 41.0 Å². The number of aliphatic carboxylic acids is 1. The van der Waals surface area contributed by atoms with Gasteiger partial charge in [0.25, 0.3) is 0 Å². The van der Waals surface area contributed by atoms with Crippen molar-refractivity contribution in [3.63, 3.8) is 0 Å². The second-order valence-corrected chi connectivity index (χ2v) is 5.01. The first-order valence-electron chi connectivity index (χ1n) is 5.55. The van der Waals surface area contributed by atoms with Gasteiger partial charge in [-0.15, -0.1) is 0 Å². The fraction of sp³-hybridized carbons (Fsp3) is 0.333. The second-order valence-electron chi connectivity index (χ2n) is 4.15. The Morgan fingerprint density at radius 2 is 2.22 bits per heavy atom. The molecule has 1 atom stereocenters. The molecule has 1 aliphatic rings. The van der Waals surface area contributed by atoms with Crippen LogP contribution in [0.2, 0.25) is 0 Å². The Balaban J connectivity index is 2.16. The summed E-state index contributed by atoms with van der Waals surface area (Å²) in [4.78, 5) is 24.2. The molecule has 0 radical (unpaired) electrons.